The monoisotopic (exact) mass is 230 g/mol. The second-order valence-corrected chi connectivity index (χ2v) is 6.03. The fraction of sp³-hybridized carbons (Fsp3) is 1.00. The summed E-state index contributed by atoms with van der Waals surface area (Å²) in [5.41, 5.74) is 0. The molecule has 2 fully saturated rings. The largest absolute Gasteiger partial charge is 0.392 e. The molecule has 2 rings (SSSR count). The van der Waals surface area contributed by atoms with Crippen molar-refractivity contribution in [1.29, 1.82) is 0 Å². The molecular weight excluding hydrogens is 208 g/mol. The van der Waals surface area contributed by atoms with Gasteiger partial charge in [-0.1, -0.05) is 6.42 Å². The molecule has 2 nitrogen and oxygen atoms in total. The van der Waals surface area contributed by atoms with Crippen LogP contribution in [0.4, 0.5) is 0 Å². The molecule has 0 aromatic heterocycles. The highest BCUT2D eigenvalue weighted by Gasteiger charge is 2.24. The van der Waals surface area contributed by atoms with Crippen LogP contribution >= 0.6 is 11.8 Å². The molecule has 2 saturated heterocycles. The Labute approximate surface area is 96.8 Å². The number of hydrogen-bond acceptors (Lipinski definition) is 3. The lowest BCUT2D eigenvalue weighted by Gasteiger charge is -2.26. The van der Waals surface area contributed by atoms with Gasteiger partial charge in [-0.25, -0.2) is 0 Å². The summed E-state index contributed by atoms with van der Waals surface area (Å²) in [6.45, 7) is 0.930. The molecule has 2 heterocycles. The van der Waals surface area contributed by atoms with Gasteiger partial charge in [0.1, 0.15) is 0 Å². The van der Waals surface area contributed by atoms with Gasteiger partial charge in [0.05, 0.1) is 12.2 Å². The molecule has 0 spiro atoms. The molecule has 1 N–H and O–H groups in total. The molecule has 0 aromatic carbocycles. The molecule has 88 valence electrons. The van der Waals surface area contributed by atoms with Gasteiger partial charge in [0.25, 0.3) is 0 Å². The van der Waals surface area contributed by atoms with Gasteiger partial charge in [0.2, 0.25) is 0 Å². The topological polar surface area (TPSA) is 29.5 Å². The van der Waals surface area contributed by atoms with Gasteiger partial charge in [-0.2, -0.15) is 11.8 Å². The molecule has 3 unspecified atom stereocenters. The standard InChI is InChI=1S/C12H22O2S/c13-11(12-5-1-2-9-15-12)7-6-10-4-3-8-14-10/h10-13H,1-9H2. The summed E-state index contributed by atoms with van der Waals surface area (Å²) in [4.78, 5) is 0. The van der Waals surface area contributed by atoms with Gasteiger partial charge >= 0.3 is 0 Å². The average Bonchev–Trinajstić information content (AvgIpc) is 2.80. The molecule has 0 aromatic rings. The van der Waals surface area contributed by atoms with Crippen molar-refractivity contribution in [2.75, 3.05) is 12.4 Å². The SMILES string of the molecule is OC(CCC1CCCO1)C1CCCCS1. The lowest BCUT2D eigenvalue weighted by atomic mass is 10.0. The Kier molecular flexibility index (Phi) is 4.79. The zero-order chi connectivity index (χ0) is 10.5. The van der Waals surface area contributed by atoms with Gasteiger partial charge in [-0.05, 0) is 44.3 Å². The molecule has 3 atom stereocenters. The number of aliphatic hydroxyl groups is 1. The second-order valence-electron chi connectivity index (χ2n) is 4.68. The molecule has 0 saturated carbocycles. The van der Waals surface area contributed by atoms with Crippen molar-refractivity contribution in [3.05, 3.63) is 0 Å². The Balaban J connectivity index is 1.64. The summed E-state index contributed by atoms with van der Waals surface area (Å²) in [6.07, 6.45) is 8.57. The predicted molar refractivity (Wildman–Crippen MR) is 64.3 cm³/mol. The highest BCUT2D eigenvalue weighted by Crippen LogP contribution is 2.30. The third-order valence-electron chi connectivity index (χ3n) is 3.45. The lowest BCUT2D eigenvalue weighted by molar-refractivity contribution is 0.0796. The van der Waals surface area contributed by atoms with E-state index in [0.717, 1.165) is 19.4 Å². The van der Waals surface area contributed by atoms with Gasteiger partial charge < -0.3 is 9.84 Å². The summed E-state index contributed by atoms with van der Waals surface area (Å²) in [5.74, 6) is 1.24. The first kappa shape index (κ1) is 11.7. The van der Waals surface area contributed by atoms with Gasteiger partial charge in [0.15, 0.2) is 0 Å². The van der Waals surface area contributed by atoms with Crippen LogP contribution in [0.2, 0.25) is 0 Å². The fourth-order valence-electron chi connectivity index (χ4n) is 2.48. The smallest absolute Gasteiger partial charge is 0.0659 e. The van der Waals surface area contributed by atoms with E-state index in [1.165, 1.54) is 37.9 Å². The van der Waals surface area contributed by atoms with Crippen LogP contribution < -0.4 is 0 Å². The maximum absolute atomic E-state index is 10.1. The number of aliphatic hydroxyl groups excluding tert-OH is 1. The Hall–Kier alpha value is 0.270. The van der Waals surface area contributed by atoms with E-state index in [-0.39, 0.29) is 6.10 Å². The molecule has 0 bridgehead atoms. The third-order valence-corrected chi connectivity index (χ3v) is 4.95. The highest BCUT2D eigenvalue weighted by molar-refractivity contribution is 8.00. The number of ether oxygens (including phenoxy) is 1. The first-order valence-corrected chi connectivity index (χ1v) is 7.32. The van der Waals surface area contributed by atoms with E-state index in [4.69, 9.17) is 4.74 Å². The van der Waals surface area contributed by atoms with E-state index in [1.807, 2.05) is 11.8 Å². The van der Waals surface area contributed by atoms with Crippen LogP contribution in [0.1, 0.15) is 44.9 Å². The Bertz CT molecular complexity index is 174. The fourth-order valence-corrected chi connectivity index (χ4v) is 3.85. The molecule has 2 aliphatic heterocycles. The molecule has 2 aliphatic rings. The van der Waals surface area contributed by atoms with E-state index >= 15 is 0 Å². The maximum Gasteiger partial charge on any atom is 0.0659 e. The van der Waals surface area contributed by atoms with Crippen LogP contribution in [-0.4, -0.2) is 34.9 Å². The maximum atomic E-state index is 10.1. The van der Waals surface area contributed by atoms with E-state index in [2.05, 4.69) is 0 Å². The number of rotatable bonds is 4. The highest BCUT2D eigenvalue weighted by atomic mass is 32.2. The van der Waals surface area contributed by atoms with Crippen LogP contribution in [-0.2, 0) is 4.74 Å². The summed E-state index contributed by atoms with van der Waals surface area (Å²) in [6, 6.07) is 0. The summed E-state index contributed by atoms with van der Waals surface area (Å²) >= 11 is 1.96. The predicted octanol–water partition coefficient (Wildman–Crippen LogP) is 2.59. The van der Waals surface area contributed by atoms with Crippen molar-refractivity contribution in [2.45, 2.75) is 62.4 Å². The normalized spacial score (nSPS) is 34.2. The van der Waals surface area contributed by atoms with Gasteiger partial charge in [-0.15, -0.1) is 0 Å². The number of hydrogen-bond donors (Lipinski definition) is 1. The van der Waals surface area contributed by atoms with Crippen molar-refractivity contribution in [2.24, 2.45) is 0 Å². The minimum absolute atomic E-state index is 0.0977. The van der Waals surface area contributed by atoms with Crippen LogP contribution in [0.3, 0.4) is 0 Å². The van der Waals surface area contributed by atoms with E-state index in [0.29, 0.717) is 11.4 Å². The zero-order valence-corrected chi connectivity index (χ0v) is 10.2. The minimum Gasteiger partial charge on any atom is -0.392 e. The zero-order valence-electron chi connectivity index (χ0n) is 9.36. The molecule has 0 aliphatic carbocycles. The molecule has 15 heavy (non-hydrogen) atoms. The molecule has 0 amide bonds. The van der Waals surface area contributed by atoms with E-state index < -0.39 is 0 Å². The average molecular weight is 230 g/mol. The summed E-state index contributed by atoms with van der Waals surface area (Å²) in [7, 11) is 0. The van der Waals surface area contributed by atoms with Crippen molar-refractivity contribution in [3.8, 4) is 0 Å². The van der Waals surface area contributed by atoms with Crippen molar-refractivity contribution >= 4 is 11.8 Å². The Morgan fingerprint density at radius 1 is 1.27 bits per heavy atom. The number of thioether (sulfide) groups is 1. The van der Waals surface area contributed by atoms with Crippen LogP contribution in [0.5, 0.6) is 0 Å². The third kappa shape index (κ3) is 3.65. The van der Waals surface area contributed by atoms with Crippen LogP contribution in [0.15, 0.2) is 0 Å². The van der Waals surface area contributed by atoms with Gasteiger partial charge in [-0.3, -0.25) is 0 Å². The lowest BCUT2D eigenvalue weighted by Crippen LogP contribution is -2.27. The van der Waals surface area contributed by atoms with Crippen LogP contribution in [0.25, 0.3) is 0 Å². The van der Waals surface area contributed by atoms with E-state index in [9.17, 15) is 5.11 Å². The van der Waals surface area contributed by atoms with Gasteiger partial charge in [0, 0.05) is 11.9 Å². The molecular formula is C12H22O2S. The van der Waals surface area contributed by atoms with Crippen molar-refractivity contribution in [3.63, 3.8) is 0 Å². The first-order chi connectivity index (χ1) is 7.36. The van der Waals surface area contributed by atoms with E-state index in [1.54, 1.807) is 0 Å². The first-order valence-electron chi connectivity index (χ1n) is 6.27. The quantitative estimate of drug-likeness (QED) is 0.805. The summed E-state index contributed by atoms with van der Waals surface area (Å²) < 4.78 is 5.57. The molecule has 0 radical (unpaired) electrons. The summed E-state index contributed by atoms with van der Waals surface area (Å²) in [5, 5.41) is 10.6. The van der Waals surface area contributed by atoms with Crippen molar-refractivity contribution < 1.29 is 9.84 Å². The van der Waals surface area contributed by atoms with Crippen molar-refractivity contribution in [1.82, 2.24) is 0 Å². The van der Waals surface area contributed by atoms with Crippen LogP contribution in [0, 0.1) is 0 Å². The Morgan fingerprint density at radius 2 is 2.20 bits per heavy atom. The second kappa shape index (κ2) is 6.12. The molecule has 3 heteroatoms. The minimum atomic E-state index is -0.0977. The Morgan fingerprint density at radius 3 is 2.87 bits per heavy atom.